The molecule has 0 saturated carbocycles. The van der Waals surface area contributed by atoms with Crippen molar-refractivity contribution in [3.05, 3.63) is 94.2 Å². The standard InChI is InChI=1S/C38H49N7O6/c1-43(18-15-40-24-33(47)30-5-7-32(46)37-31(30)6-8-35(48)42-37)36(49)10-21-50-20-9-28-3-2-4-29(23-28)26-44-16-11-38(12-17-44)27-45(19-22-51-38)34-25-39-13-14-41-34/h2-8,13-14,23,25,33,40,46-47H,9-12,15-22,24,26-27H2,1H3,(H,42,48)/t33-/m0/s1. The number of likely N-dealkylation sites (tertiary alicyclic amines) is 1. The third-order valence-electron chi connectivity index (χ3n) is 9.94. The highest BCUT2D eigenvalue weighted by Gasteiger charge is 2.40. The molecule has 6 rings (SSSR count). The van der Waals surface area contributed by atoms with E-state index >= 15 is 0 Å². The van der Waals surface area contributed by atoms with Gasteiger partial charge in [-0.2, -0.15) is 0 Å². The molecule has 0 unspecified atom stereocenters. The van der Waals surface area contributed by atoms with E-state index in [1.807, 2.05) is 6.20 Å². The molecule has 2 aliphatic rings. The number of aliphatic hydroxyl groups excluding tert-OH is 1. The van der Waals surface area contributed by atoms with Gasteiger partial charge in [-0.1, -0.05) is 30.3 Å². The van der Waals surface area contributed by atoms with Crippen molar-refractivity contribution in [2.75, 3.05) is 77.6 Å². The summed E-state index contributed by atoms with van der Waals surface area (Å²) in [6.07, 6.45) is 7.50. The van der Waals surface area contributed by atoms with Crippen molar-refractivity contribution in [2.24, 2.45) is 0 Å². The van der Waals surface area contributed by atoms with E-state index < -0.39 is 6.10 Å². The number of H-pyrrole nitrogens is 1. The SMILES string of the molecule is CN(CCNC[C@H](O)c1ccc(O)c2[nH]c(=O)ccc12)C(=O)CCOCCc1cccc(CN2CCC3(CC2)CN(c2cnccn2)CCO3)c1. The lowest BCUT2D eigenvalue weighted by molar-refractivity contribution is -0.131. The van der Waals surface area contributed by atoms with Gasteiger partial charge >= 0.3 is 0 Å². The Kier molecular flexibility index (Phi) is 12.3. The molecule has 51 heavy (non-hydrogen) atoms. The van der Waals surface area contributed by atoms with Gasteiger partial charge in [0.15, 0.2) is 0 Å². The highest BCUT2D eigenvalue weighted by atomic mass is 16.5. The van der Waals surface area contributed by atoms with Crippen LogP contribution in [0.1, 0.15) is 42.1 Å². The van der Waals surface area contributed by atoms with Crippen molar-refractivity contribution >= 4 is 22.6 Å². The van der Waals surface area contributed by atoms with Crippen LogP contribution in [0.15, 0.2) is 71.9 Å². The minimum atomic E-state index is -0.855. The lowest BCUT2D eigenvalue weighted by Gasteiger charge is -2.47. The molecule has 0 aliphatic carbocycles. The lowest BCUT2D eigenvalue weighted by Crippen LogP contribution is -2.57. The number of hydrogen-bond donors (Lipinski definition) is 4. The highest BCUT2D eigenvalue weighted by Crippen LogP contribution is 2.32. The number of likely N-dealkylation sites (N-methyl/N-ethyl adjacent to an activating group) is 1. The second-order valence-corrected chi connectivity index (χ2v) is 13.5. The molecule has 2 aromatic carbocycles. The fourth-order valence-electron chi connectivity index (χ4n) is 6.97. The number of rotatable bonds is 15. The van der Waals surface area contributed by atoms with E-state index in [9.17, 15) is 19.8 Å². The molecule has 4 aromatic rings. The first-order chi connectivity index (χ1) is 24.8. The maximum Gasteiger partial charge on any atom is 0.248 e. The number of fused-ring (bicyclic) bond motifs is 1. The number of nitrogens with one attached hydrogen (secondary N) is 2. The molecule has 2 aliphatic heterocycles. The smallest absolute Gasteiger partial charge is 0.248 e. The van der Waals surface area contributed by atoms with Crippen LogP contribution in [-0.4, -0.2) is 119 Å². The van der Waals surface area contributed by atoms with Crippen molar-refractivity contribution in [2.45, 2.75) is 43.9 Å². The van der Waals surface area contributed by atoms with Crippen LogP contribution in [0.2, 0.25) is 0 Å². The third kappa shape index (κ3) is 9.69. The van der Waals surface area contributed by atoms with E-state index in [-0.39, 0.29) is 29.4 Å². The zero-order valence-electron chi connectivity index (χ0n) is 29.3. The number of piperidine rings is 1. The number of amides is 1. The number of aliphatic hydroxyl groups is 1. The van der Waals surface area contributed by atoms with Crippen molar-refractivity contribution in [3.8, 4) is 5.75 Å². The molecule has 1 spiro atoms. The van der Waals surface area contributed by atoms with Crippen LogP contribution in [0.25, 0.3) is 10.9 Å². The zero-order chi connectivity index (χ0) is 35.6. The quantitative estimate of drug-likeness (QED) is 0.135. The molecular weight excluding hydrogens is 650 g/mol. The number of phenolic OH excluding ortho intramolecular Hbond substituents is 1. The molecule has 2 fully saturated rings. The zero-order valence-corrected chi connectivity index (χ0v) is 29.3. The first-order valence-electron chi connectivity index (χ1n) is 17.8. The van der Waals surface area contributed by atoms with E-state index in [2.05, 4.69) is 54.3 Å². The maximum atomic E-state index is 12.6. The molecule has 1 amide bonds. The number of anilines is 1. The number of aromatic amines is 1. The highest BCUT2D eigenvalue weighted by molar-refractivity contribution is 5.87. The Labute approximate surface area is 298 Å². The molecule has 0 bridgehead atoms. The van der Waals surface area contributed by atoms with Gasteiger partial charge in [0, 0.05) is 83.3 Å². The number of hydrogen-bond acceptors (Lipinski definition) is 11. The molecule has 4 N–H and O–H groups in total. The summed E-state index contributed by atoms with van der Waals surface area (Å²) in [6, 6.07) is 14.7. The van der Waals surface area contributed by atoms with Crippen LogP contribution in [0.3, 0.4) is 0 Å². The molecule has 1 atom stereocenters. The molecule has 4 heterocycles. The average molecular weight is 700 g/mol. The van der Waals surface area contributed by atoms with Gasteiger partial charge in [-0.05, 0) is 48.1 Å². The Hall–Kier alpha value is -4.40. The number of morpholine rings is 1. The number of aromatic hydroxyl groups is 1. The summed E-state index contributed by atoms with van der Waals surface area (Å²) in [5.74, 6) is 0.867. The van der Waals surface area contributed by atoms with Crippen molar-refractivity contribution in [3.63, 3.8) is 0 Å². The van der Waals surface area contributed by atoms with Crippen molar-refractivity contribution in [1.82, 2.24) is 30.1 Å². The minimum absolute atomic E-state index is 0.00350. The monoisotopic (exact) mass is 699 g/mol. The summed E-state index contributed by atoms with van der Waals surface area (Å²) < 4.78 is 12.2. The molecule has 13 nitrogen and oxygen atoms in total. The van der Waals surface area contributed by atoms with Crippen LogP contribution in [-0.2, 0) is 27.2 Å². The Morgan fingerprint density at radius 1 is 1.12 bits per heavy atom. The number of nitrogens with zero attached hydrogens (tertiary/aromatic N) is 5. The van der Waals surface area contributed by atoms with Gasteiger partial charge in [0.2, 0.25) is 11.5 Å². The van der Waals surface area contributed by atoms with Crippen molar-refractivity contribution < 1.29 is 24.5 Å². The fraction of sp³-hybridized carbons (Fsp3) is 0.474. The van der Waals surface area contributed by atoms with E-state index in [0.717, 1.165) is 57.8 Å². The number of ether oxygens (including phenoxy) is 2. The Balaban J connectivity index is 0.849. The number of carbonyl (C=O) groups excluding carboxylic acids is 1. The van der Waals surface area contributed by atoms with E-state index in [1.54, 1.807) is 36.5 Å². The Bertz CT molecular complexity index is 1800. The van der Waals surface area contributed by atoms with Crippen LogP contribution >= 0.6 is 0 Å². The van der Waals surface area contributed by atoms with Crippen LogP contribution < -0.4 is 15.8 Å². The number of carbonyl (C=O) groups is 1. The van der Waals surface area contributed by atoms with Crippen LogP contribution in [0.5, 0.6) is 5.75 Å². The second kappa shape index (κ2) is 17.2. The first-order valence-corrected chi connectivity index (χ1v) is 17.8. The number of benzene rings is 2. The molecule has 2 saturated heterocycles. The molecule has 0 radical (unpaired) electrons. The predicted molar refractivity (Wildman–Crippen MR) is 195 cm³/mol. The summed E-state index contributed by atoms with van der Waals surface area (Å²) in [7, 11) is 1.76. The molecular formula is C38H49N7O6. The average Bonchev–Trinajstić information content (AvgIpc) is 3.15. The van der Waals surface area contributed by atoms with Gasteiger partial charge in [0.05, 0.1) is 49.7 Å². The third-order valence-corrected chi connectivity index (χ3v) is 9.94. The Morgan fingerprint density at radius 2 is 1.96 bits per heavy atom. The van der Waals surface area contributed by atoms with Gasteiger partial charge in [-0.25, -0.2) is 4.98 Å². The number of phenols is 1. The van der Waals surface area contributed by atoms with E-state index in [4.69, 9.17) is 9.47 Å². The maximum absolute atomic E-state index is 12.6. The predicted octanol–water partition coefficient (Wildman–Crippen LogP) is 2.63. The number of pyridine rings is 1. The lowest BCUT2D eigenvalue weighted by atomic mass is 9.89. The normalized spacial score (nSPS) is 16.8. The van der Waals surface area contributed by atoms with E-state index in [0.29, 0.717) is 55.8 Å². The molecule has 272 valence electrons. The summed E-state index contributed by atoms with van der Waals surface area (Å²) in [4.78, 5) is 42.1. The summed E-state index contributed by atoms with van der Waals surface area (Å²) in [5, 5.41) is 24.6. The van der Waals surface area contributed by atoms with Crippen LogP contribution in [0, 0.1) is 0 Å². The molecule has 2 aromatic heterocycles. The first kappa shape index (κ1) is 36.4. The van der Waals surface area contributed by atoms with E-state index in [1.165, 1.54) is 23.3 Å². The van der Waals surface area contributed by atoms with Gasteiger partial charge in [-0.3, -0.25) is 19.5 Å². The summed E-state index contributed by atoms with van der Waals surface area (Å²) >= 11 is 0. The number of aromatic nitrogens is 3. The van der Waals surface area contributed by atoms with Gasteiger partial charge in [0.25, 0.3) is 0 Å². The molecule has 13 heteroatoms. The second-order valence-electron chi connectivity index (χ2n) is 13.5. The topological polar surface area (TPSA) is 156 Å². The van der Waals surface area contributed by atoms with Gasteiger partial charge in [-0.15, -0.1) is 0 Å². The fourth-order valence-corrected chi connectivity index (χ4v) is 6.97. The largest absolute Gasteiger partial charge is 0.506 e. The summed E-state index contributed by atoms with van der Waals surface area (Å²) in [5.41, 5.74) is 2.95. The Morgan fingerprint density at radius 3 is 2.78 bits per heavy atom. The van der Waals surface area contributed by atoms with Crippen LogP contribution in [0.4, 0.5) is 5.82 Å². The van der Waals surface area contributed by atoms with Gasteiger partial charge in [0.1, 0.15) is 11.6 Å². The van der Waals surface area contributed by atoms with Gasteiger partial charge < -0.3 is 39.8 Å². The van der Waals surface area contributed by atoms with Crippen molar-refractivity contribution in [1.29, 1.82) is 0 Å². The summed E-state index contributed by atoms with van der Waals surface area (Å²) in [6.45, 7) is 7.43. The minimum Gasteiger partial charge on any atom is -0.506 e.